The first-order chi connectivity index (χ1) is 17.2. The van der Waals surface area contributed by atoms with E-state index in [9.17, 15) is 27.9 Å². The van der Waals surface area contributed by atoms with Crippen LogP contribution in [0.2, 0.25) is 0 Å². The molecule has 1 atom stereocenters. The number of nitrogens with zero attached hydrogens (tertiary/aromatic N) is 1. The van der Waals surface area contributed by atoms with Crippen molar-refractivity contribution in [3.05, 3.63) is 71.8 Å². The number of benzene rings is 3. The van der Waals surface area contributed by atoms with E-state index in [4.69, 9.17) is 4.74 Å². The Labute approximate surface area is 213 Å². The summed E-state index contributed by atoms with van der Waals surface area (Å²) in [5.74, 6) is -0.390. The lowest BCUT2D eigenvalue weighted by atomic mass is 9.87. The number of rotatable bonds is 4. The van der Waals surface area contributed by atoms with Crippen LogP contribution in [0.25, 0.3) is 21.9 Å². The summed E-state index contributed by atoms with van der Waals surface area (Å²) in [5, 5.41) is 15.2. The Morgan fingerprint density at radius 2 is 1.68 bits per heavy atom. The van der Waals surface area contributed by atoms with Gasteiger partial charge in [-0.25, -0.2) is 4.79 Å². The Hall–Kier alpha value is -3.59. The number of hydrogen-bond donors (Lipinski definition) is 2. The first kappa shape index (κ1) is 26.5. The predicted molar refractivity (Wildman–Crippen MR) is 134 cm³/mol. The van der Waals surface area contributed by atoms with Gasteiger partial charge >= 0.3 is 12.3 Å². The van der Waals surface area contributed by atoms with Crippen LogP contribution in [0.15, 0.2) is 60.7 Å². The van der Waals surface area contributed by atoms with E-state index in [2.05, 4.69) is 5.32 Å². The van der Waals surface area contributed by atoms with Gasteiger partial charge in [-0.1, -0.05) is 36.4 Å². The molecule has 0 radical (unpaired) electrons. The fourth-order valence-electron chi connectivity index (χ4n) is 4.27. The van der Waals surface area contributed by atoms with Crippen molar-refractivity contribution in [2.45, 2.75) is 51.1 Å². The van der Waals surface area contributed by atoms with E-state index >= 15 is 0 Å². The van der Waals surface area contributed by atoms with Crippen molar-refractivity contribution in [1.29, 1.82) is 0 Å². The van der Waals surface area contributed by atoms with Gasteiger partial charge in [-0.15, -0.1) is 0 Å². The maximum Gasteiger partial charge on any atom is 0.416 e. The Morgan fingerprint density at radius 1 is 1.03 bits per heavy atom. The second-order valence-electron chi connectivity index (χ2n) is 10.5. The molecule has 2 amide bonds. The molecule has 196 valence electrons. The third-order valence-corrected chi connectivity index (χ3v) is 6.40. The monoisotopic (exact) mass is 514 g/mol. The summed E-state index contributed by atoms with van der Waals surface area (Å²) in [7, 11) is 0. The van der Waals surface area contributed by atoms with Crippen LogP contribution in [0.4, 0.5) is 18.0 Å². The normalized spacial score (nSPS) is 16.2. The van der Waals surface area contributed by atoms with Gasteiger partial charge in [0.1, 0.15) is 11.2 Å². The Bertz CT molecular complexity index is 1320. The van der Waals surface area contributed by atoms with Crippen LogP contribution < -0.4 is 5.32 Å². The van der Waals surface area contributed by atoms with E-state index in [0.717, 1.165) is 28.5 Å². The highest BCUT2D eigenvalue weighted by atomic mass is 19.4. The van der Waals surface area contributed by atoms with Crippen LogP contribution in [0, 0.1) is 0 Å². The summed E-state index contributed by atoms with van der Waals surface area (Å²) in [6.45, 7) is 7.03. The molecule has 6 nitrogen and oxygen atoms in total. The van der Waals surface area contributed by atoms with E-state index in [1.165, 1.54) is 17.0 Å². The quantitative estimate of drug-likeness (QED) is 0.473. The maximum absolute atomic E-state index is 12.9. The van der Waals surface area contributed by atoms with Crippen molar-refractivity contribution in [3.63, 3.8) is 0 Å². The number of carbonyl (C=O) groups excluding carboxylic acids is 2. The van der Waals surface area contributed by atoms with Crippen molar-refractivity contribution in [2.75, 3.05) is 13.1 Å². The van der Waals surface area contributed by atoms with Crippen LogP contribution >= 0.6 is 0 Å². The molecule has 1 heterocycles. The van der Waals surface area contributed by atoms with Crippen LogP contribution in [0.3, 0.4) is 0 Å². The van der Waals surface area contributed by atoms with Gasteiger partial charge in [-0.2, -0.15) is 13.2 Å². The number of alkyl halides is 3. The molecule has 2 N–H and O–H groups in total. The highest BCUT2D eigenvalue weighted by Gasteiger charge is 2.49. The van der Waals surface area contributed by atoms with Gasteiger partial charge in [-0.05, 0) is 73.9 Å². The smallest absolute Gasteiger partial charge is 0.416 e. The van der Waals surface area contributed by atoms with Crippen molar-refractivity contribution in [2.24, 2.45) is 0 Å². The molecule has 3 aromatic carbocycles. The standard InChI is InChI=1S/C28H29F3N2O4/c1-17(27(36)15-33(16-27)25(35)37-26(2,3)4)32-24(34)20-10-13-23-19(14-20)6-5-7-22(23)18-8-11-21(12-9-18)28(29,30)31/h5-14,17,36H,15-16H2,1-4H3,(H,32,34). The van der Waals surface area contributed by atoms with Crippen molar-refractivity contribution >= 4 is 22.8 Å². The minimum atomic E-state index is -4.41. The summed E-state index contributed by atoms with van der Waals surface area (Å²) in [6, 6.07) is 14.8. The van der Waals surface area contributed by atoms with Crippen LogP contribution in [-0.2, 0) is 10.9 Å². The molecule has 37 heavy (non-hydrogen) atoms. The van der Waals surface area contributed by atoms with Gasteiger partial charge in [0.25, 0.3) is 5.91 Å². The second kappa shape index (κ2) is 9.37. The Balaban J connectivity index is 1.46. The minimum Gasteiger partial charge on any atom is -0.444 e. The highest BCUT2D eigenvalue weighted by molar-refractivity contribution is 6.02. The molecule has 1 aliphatic rings. The van der Waals surface area contributed by atoms with E-state index in [1.807, 2.05) is 12.1 Å². The molecule has 0 bridgehead atoms. The molecule has 3 aromatic rings. The third-order valence-electron chi connectivity index (χ3n) is 6.40. The van der Waals surface area contributed by atoms with Crippen LogP contribution in [0.5, 0.6) is 0 Å². The first-order valence-corrected chi connectivity index (χ1v) is 11.9. The van der Waals surface area contributed by atoms with Crippen molar-refractivity contribution in [3.8, 4) is 11.1 Å². The van der Waals surface area contributed by atoms with E-state index in [1.54, 1.807) is 52.0 Å². The molecule has 0 saturated carbocycles. The lowest BCUT2D eigenvalue weighted by Gasteiger charge is -2.49. The zero-order chi connectivity index (χ0) is 27.2. The summed E-state index contributed by atoms with van der Waals surface area (Å²) < 4.78 is 44.1. The third kappa shape index (κ3) is 5.72. The average Bonchev–Trinajstić information content (AvgIpc) is 2.79. The Kier molecular flexibility index (Phi) is 6.71. The maximum atomic E-state index is 12.9. The van der Waals surface area contributed by atoms with Gasteiger partial charge in [0.05, 0.1) is 24.7 Å². The SMILES string of the molecule is CC(NC(=O)c1ccc2c(-c3ccc(C(F)(F)F)cc3)cccc2c1)C1(O)CN(C(=O)OC(C)(C)C)C1. The predicted octanol–water partition coefficient (Wildman–Crippen LogP) is 5.63. The highest BCUT2D eigenvalue weighted by Crippen LogP contribution is 2.34. The number of amides is 2. The number of likely N-dealkylation sites (tertiary alicyclic amines) is 1. The summed E-state index contributed by atoms with van der Waals surface area (Å²) in [4.78, 5) is 26.5. The molecule has 0 aliphatic carbocycles. The molecule has 0 aromatic heterocycles. The van der Waals surface area contributed by atoms with Crippen molar-refractivity contribution < 1.29 is 32.6 Å². The number of nitrogens with one attached hydrogen (secondary N) is 1. The molecule has 9 heteroatoms. The zero-order valence-corrected chi connectivity index (χ0v) is 21.0. The largest absolute Gasteiger partial charge is 0.444 e. The van der Waals surface area contributed by atoms with Gasteiger partial charge in [0.15, 0.2) is 0 Å². The molecule has 1 aliphatic heterocycles. The molecular weight excluding hydrogens is 485 g/mol. The number of ether oxygens (including phenoxy) is 1. The molecule has 1 unspecified atom stereocenters. The number of aliphatic hydroxyl groups is 1. The van der Waals surface area contributed by atoms with Gasteiger partial charge in [0.2, 0.25) is 0 Å². The average molecular weight is 515 g/mol. The topological polar surface area (TPSA) is 78.9 Å². The van der Waals surface area contributed by atoms with Crippen LogP contribution in [0.1, 0.15) is 43.6 Å². The summed E-state index contributed by atoms with van der Waals surface area (Å²) >= 11 is 0. The van der Waals surface area contributed by atoms with E-state index in [0.29, 0.717) is 11.1 Å². The number of halogens is 3. The number of β-amino-alcohol motifs (C(OH)–C–C–N with tert-alkyl or cyclic N) is 1. The van der Waals surface area contributed by atoms with Crippen LogP contribution in [-0.4, -0.2) is 52.3 Å². The lowest BCUT2D eigenvalue weighted by Crippen LogP contribution is -2.71. The molecule has 1 saturated heterocycles. The number of carbonyl (C=O) groups is 2. The molecular formula is C28H29F3N2O4. The second-order valence-corrected chi connectivity index (χ2v) is 10.5. The summed E-state index contributed by atoms with van der Waals surface area (Å²) in [5.41, 5.74) is -0.891. The fraction of sp³-hybridized carbons (Fsp3) is 0.357. The van der Waals surface area contributed by atoms with Gasteiger partial charge in [0, 0.05) is 5.56 Å². The Morgan fingerprint density at radius 3 is 2.27 bits per heavy atom. The molecule has 0 spiro atoms. The number of fused-ring (bicyclic) bond motifs is 1. The summed E-state index contributed by atoms with van der Waals surface area (Å²) in [6.07, 6.45) is -4.92. The minimum absolute atomic E-state index is 0.0393. The van der Waals surface area contributed by atoms with E-state index in [-0.39, 0.29) is 13.1 Å². The van der Waals surface area contributed by atoms with E-state index < -0.39 is 41.0 Å². The molecule has 1 fully saturated rings. The zero-order valence-electron chi connectivity index (χ0n) is 21.0. The number of hydrogen-bond acceptors (Lipinski definition) is 4. The fourth-order valence-corrected chi connectivity index (χ4v) is 4.27. The van der Waals surface area contributed by atoms with Gasteiger partial charge in [-0.3, -0.25) is 4.79 Å². The van der Waals surface area contributed by atoms with Gasteiger partial charge < -0.3 is 20.1 Å². The lowest BCUT2D eigenvalue weighted by molar-refractivity contribution is -0.137. The van der Waals surface area contributed by atoms with Crippen molar-refractivity contribution in [1.82, 2.24) is 10.2 Å². The molecule has 4 rings (SSSR count). The first-order valence-electron chi connectivity index (χ1n) is 11.9.